The fraction of sp³-hybridized carbons (Fsp3) is 0.667. The fourth-order valence-corrected chi connectivity index (χ4v) is 2.30. The Morgan fingerprint density at radius 1 is 1.65 bits per heavy atom. The molecule has 1 fully saturated rings. The molecule has 0 aromatic carbocycles. The quantitative estimate of drug-likeness (QED) is 0.840. The molecule has 1 aromatic heterocycles. The molecule has 2 heterocycles. The van der Waals surface area contributed by atoms with Gasteiger partial charge in [0.25, 0.3) is 0 Å². The highest BCUT2D eigenvalue weighted by Gasteiger charge is 2.27. The zero-order chi connectivity index (χ0) is 12.3. The Hall–Kier alpha value is -1.36. The first kappa shape index (κ1) is 12.1. The van der Waals surface area contributed by atoms with E-state index in [4.69, 9.17) is 5.11 Å². The third-order valence-electron chi connectivity index (χ3n) is 3.37. The smallest absolute Gasteiger partial charge is 0.247 e. The molecule has 5 nitrogen and oxygen atoms in total. The van der Waals surface area contributed by atoms with E-state index >= 15 is 0 Å². The molecule has 0 bridgehead atoms. The highest BCUT2D eigenvalue weighted by Crippen LogP contribution is 2.19. The number of rotatable bonds is 3. The van der Waals surface area contributed by atoms with Gasteiger partial charge in [0.15, 0.2) is 0 Å². The minimum Gasteiger partial charge on any atom is -0.396 e. The van der Waals surface area contributed by atoms with E-state index in [1.54, 1.807) is 17.1 Å². The standard InChI is InChI=1S/C12H19N3O2/c1-10(15-7-3-5-13-15)12(17)14-6-2-4-11(8-14)9-16/h3,5,7,10-11,16H,2,4,6,8-9H2,1H3/t10-,11+/m1/s1. The third-order valence-corrected chi connectivity index (χ3v) is 3.37. The van der Waals surface area contributed by atoms with Crippen molar-refractivity contribution in [3.63, 3.8) is 0 Å². The van der Waals surface area contributed by atoms with Crippen LogP contribution in [0.4, 0.5) is 0 Å². The first-order valence-electron chi connectivity index (χ1n) is 6.11. The van der Waals surface area contributed by atoms with Gasteiger partial charge >= 0.3 is 0 Å². The van der Waals surface area contributed by atoms with E-state index < -0.39 is 0 Å². The summed E-state index contributed by atoms with van der Waals surface area (Å²) in [6, 6.07) is 1.55. The van der Waals surface area contributed by atoms with Crippen LogP contribution in [0.5, 0.6) is 0 Å². The number of hydrogen-bond donors (Lipinski definition) is 1. The summed E-state index contributed by atoms with van der Waals surface area (Å²) < 4.78 is 1.67. The van der Waals surface area contributed by atoms with E-state index in [1.807, 2.05) is 17.9 Å². The maximum Gasteiger partial charge on any atom is 0.247 e. The second-order valence-electron chi connectivity index (χ2n) is 4.64. The number of hydrogen-bond acceptors (Lipinski definition) is 3. The monoisotopic (exact) mass is 237 g/mol. The van der Waals surface area contributed by atoms with Crippen molar-refractivity contribution in [2.75, 3.05) is 19.7 Å². The topological polar surface area (TPSA) is 58.4 Å². The van der Waals surface area contributed by atoms with Crippen LogP contribution in [0.3, 0.4) is 0 Å². The highest BCUT2D eigenvalue weighted by atomic mass is 16.3. The molecule has 0 radical (unpaired) electrons. The van der Waals surface area contributed by atoms with Gasteiger partial charge in [0.1, 0.15) is 6.04 Å². The van der Waals surface area contributed by atoms with Crippen LogP contribution in [-0.2, 0) is 4.79 Å². The lowest BCUT2D eigenvalue weighted by Crippen LogP contribution is -2.43. The Bertz CT molecular complexity index is 364. The lowest BCUT2D eigenvalue weighted by Gasteiger charge is -2.33. The fourth-order valence-electron chi connectivity index (χ4n) is 2.30. The summed E-state index contributed by atoms with van der Waals surface area (Å²) in [6.07, 6.45) is 5.46. The summed E-state index contributed by atoms with van der Waals surface area (Å²) in [5.74, 6) is 0.323. The van der Waals surface area contributed by atoms with Gasteiger partial charge in [-0.25, -0.2) is 0 Å². The second-order valence-corrected chi connectivity index (χ2v) is 4.64. The van der Waals surface area contributed by atoms with E-state index in [0.717, 1.165) is 19.4 Å². The van der Waals surface area contributed by atoms with Crippen LogP contribution in [0.1, 0.15) is 25.8 Å². The number of amides is 1. The molecule has 0 unspecified atom stereocenters. The normalized spacial score (nSPS) is 22.5. The van der Waals surface area contributed by atoms with E-state index in [-0.39, 0.29) is 24.5 Å². The number of carbonyl (C=O) groups is 1. The van der Waals surface area contributed by atoms with Gasteiger partial charge in [-0.05, 0) is 31.7 Å². The molecular weight excluding hydrogens is 218 g/mol. The molecule has 2 atom stereocenters. The van der Waals surface area contributed by atoms with Crippen molar-refractivity contribution in [3.05, 3.63) is 18.5 Å². The van der Waals surface area contributed by atoms with Crippen molar-refractivity contribution >= 4 is 5.91 Å². The molecule has 0 spiro atoms. The van der Waals surface area contributed by atoms with Gasteiger partial charge in [-0.2, -0.15) is 5.10 Å². The summed E-state index contributed by atoms with van der Waals surface area (Å²) in [7, 11) is 0. The Balaban J connectivity index is 1.99. The summed E-state index contributed by atoms with van der Waals surface area (Å²) in [6.45, 7) is 3.49. The number of likely N-dealkylation sites (tertiary alicyclic amines) is 1. The van der Waals surface area contributed by atoms with Crippen LogP contribution >= 0.6 is 0 Å². The summed E-state index contributed by atoms with van der Waals surface area (Å²) in [5, 5.41) is 13.2. The molecular formula is C12H19N3O2. The number of carbonyl (C=O) groups excluding carboxylic acids is 1. The molecule has 1 aromatic rings. The molecule has 94 valence electrons. The summed E-state index contributed by atoms with van der Waals surface area (Å²) in [5.41, 5.74) is 0. The van der Waals surface area contributed by atoms with Crippen molar-refractivity contribution in [2.24, 2.45) is 5.92 Å². The number of aliphatic hydroxyl groups is 1. The van der Waals surface area contributed by atoms with Crippen LogP contribution < -0.4 is 0 Å². The predicted molar refractivity (Wildman–Crippen MR) is 63.3 cm³/mol. The predicted octanol–water partition coefficient (Wildman–Crippen LogP) is 0.675. The lowest BCUT2D eigenvalue weighted by molar-refractivity contribution is -0.136. The maximum absolute atomic E-state index is 12.2. The molecule has 1 amide bonds. The number of aliphatic hydroxyl groups excluding tert-OH is 1. The average molecular weight is 237 g/mol. The maximum atomic E-state index is 12.2. The zero-order valence-electron chi connectivity index (χ0n) is 10.1. The lowest BCUT2D eigenvalue weighted by atomic mass is 9.98. The molecule has 5 heteroatoms. The molecule has 17 heavy (non-hydrogen) atoms. The Labute approximate surface area is 101 Å². The van der Waals surface area contributed by atoms with Crippen molar-refractivity contribution in [1.29, 1.82) is 0 Å². The van der Waals surface area contributed by atoms with E-state index in [9.17, 15) is 4.79 Å². The summed E-state index contributed by atoms with van der Waals surface area (Å²) >= 11 is 0. The molecule has 1 aliphatic rings. The molecule has 1 aliphatic heterocycles. The first-order chi connectivity index (χ1) is 8.22. The first-order valence-corrected chi connectivity index (χ1v) is 6.11. The van der Waals surface area contributed by atoms with E-state index in [0.29, 0.717) is 6.54 Å². The van der Waals surface area contributed by atoms with Crippen molar-refractivity contribution < 1.29 is 9.90 Å². The van der Waals surface area contributed by atoms with Gasteiger partial charge in [0.05, 0.1) is 0 Å². The van der Waals surface area contributed by atoms with Crippen molar-refractivity contribution in [2.45, 2.75) is 25.8 Å². The van der Waals surface area contributed by atoms with Crippen LogP contribution in [0.2, 0.25) is 0 Å². The molecule has 0 aliphatic carbocycles. The van der Waals surface area contributed by atoms with Crippen molar-refractivity contribution in [1.82, 2.24) is 14.7 Å². The molecule has 2 rings (SSSR count). The van der Waals surface area contributed by atoms with Gasteiger partial charge in [0, 0.05) is 32.1 Å². The highest BCUT2D eigenvalue weighted by molar-refractivity contribution is 5.80. The van der Waals surface area contributed by atoms with Crippen LogP contribution in [-0.4, -0.2) is 45.4 Å². The van der Waals surface area contributed by atoms with E-state index in [1.165, 1.54) is 0 Å². The number of piperidine rings is 1. The Kier molecular flexibility index (Phi) is 3.78. The average Bonchev–Trinajstić information content (AvgIpc) is 2.91. The Morgan fingerprint density at radius 3 is 3.12 bits per heavy atom. The van der Waals surface area contributed by atoms with E-state index in [2.05, 4.69) is 5.10 Å². The van der Waals surface area contributed by atoms with Gasteiger partial charge < -0.3 is 10.0 Å². The van der Waals surface area contributed by atoms with Crippen molar-refractivity contribution in [3.8, 4) is 0 Å². The minimum atomic E-state index is -0.262. The Morgan fingerprint density at radius 2 is 2.47 bits per heavy atom. The molecule has 0 saturated carbocycles. The largest absolute Gasteiger partial charge is 0.396 e. The molecule has 1 saturated heterocycles. The van der Waals surface area contributed by atoms with Gasteiger partial charge in [-0.3, -0.25) is 9.48 Å². The zero-order valence-corrected chi connectivity index (χ0v) is 10.1. The second kappa shape index (κ2) is 5.31. The summed E-state index contributed by atoms with van der Waals surface area (Å²) in [4.78, 5) is 14.1. The van der Waals surface area contributed by atoms with Crippen LogP contribution in [0.15, 0.2) is 18.5 Å². The van der Waals surface area contributed by atoms with Crippen LogP contribution in [0, 0.1) is 5.92 Å². The van der Waals surface area contributed by atoms with Crippen LogP contribution in [0.25, 0.3) is 0 Å². The van der Waals surface area contributed by atoms with Gasteiger partial charge in [-0.1, -0.05) is 0 Å². The minimum absolute atomic E-state index is 0.0897. The SMILES string of the molecule is C[C@H](C(=O)N1CCC[C@H](CO)C1)n1cccn1. The number of aromatic nitrogens is 2. The molecule has 1 N–H and O–H groups in total. The van der Waals surface area contributed by atoms with Gasteiger partial charge in [-0.15, -0.1) is 0 Å². The number of nitrogens with zero attached hydrogens (tertiary/aromatic N) is 3. The van der Waals surface area contributed by atoms with Gasteiger partial charge in [0.2, 0.25) is 5.91 Å². The third kappa shape index (κ3) is 2.66.